The van der Waals surface area contributed by atoms with Gasteiger partial charge in [-0.3, -0.25) is 4.79 Å². The van der Waals surface area contributed by atoms with Crippen molar-refractivity contribution < 1.29 is 4.79 Å². The molecule has 3 fully saturated rings. The van der Waals surface area contributed by atoms with Gasteiger partial charge in [-0.05, 0) is 19.3 Å². The van der Waals surface area contributed by atoms with E-state index in [1.54, 1.807) is 0 Å². The lowest BCUT2D eigenvalue weighted by Gasteiger charge is -2.48. The Morgan fingerprint density at radius 3 is 2.90 bits per heavy atom. The molecule has 1 nitrogen and oxygen atoms in total. The monoisotopic (exact) mass is 136 g/mol. The summed E-state index contributed by atoms with van der Waals surface area (Å²) in [6, 6.07) is 0. The lowest BCUT2D eigenvalue weighted by atomic mass is 9.53. The van der Waals surface area contributed by atoms with Gasteiger partial charge < -0.3 is 0 Å². The summed E-state index contributed by atoms with van der Waals surface area (Å²) in [7, 11) is 0. The molecule has 2 atom stereocenters. The molecule has 0 spiro atoms. The summed E-state index contributed by atoms with van der Waals surface area (Å²) in [4.78, 5) is 11.3. The van der Waals surface area contributed by atoms with Crippen molar-refractivity contribution in [2.24, 2.45) is 11.3 Å². The second-order valence-electron chi connectivity index (χ2n) is 3.52. The second-order valence-corrected chi connectivity index (χ2v) is 3.52. The first-order valence-corrected chi connectivity index (χ1v) is 3.96. The van der Waals surface area contributed by atoms with Crippen LogP contribution in [0.15, 0.2) is 12.7 Å². The maximum absolute atomic E-state index is 11.3. The van der Waals surface area contributed by atoms with Gasteiger partial charge in [0.25, 0.3) is 0 Å². The van der Waals surface area contributed by atoms with Crippen molar-refractivity contribution >= 4 is 5.78 Å². The molecule has 2 bridgehead atoms. The molecule has 0 amide bonds. The van der Waals surface area contributed by atoms with Crippen LogP contribution in [0.3, 0.4) is 0 Å². The summed E-state index contributed by atoms with van der Waals surface area (Å²) in [5.74, 6) is 0.875. The summed E-state index contributed by atoms with van der Waals surface area (Å²) < 4.78 is 0. The summed E-state index contributed by atoms with van der Waals surface area (Å²) in [6.07, 6.45) is 6.38. The van der Waals surface area contributed by atoms with Crippen LogP contribution in [0.1, 0.15) is 25.7 Å². The lowest BCUT2D eigenvalue weighted by molar-refractivity contribution is -0.146. The first kappa shape index (κ1) is 6.14. The van der Waals surface area contributed by atoms with Gasteiger partial charge in [-0.1, -0.05) is 12.5 Å². The molecule has 0 aromatic heterocycles. The Morgan fingerprint density at radius 1 is 1.70 bits per heavy atom. The predicted molar refractivity (Wildman–Crippen MR) is 39.6 cm³/mol. The molecule has 0 aromatic carbocycles. The fourth-order valence-electron chi connectivity index (χ4n) is 2.32. The van der Waals surface area contributed by atoms with Crippen LogP contribution in [0, 0.1) is 11.3 Å². The summed E-state index contributed by atoms with van der Waals surface area (Å²) >= 11 is 0. The van der Waals surface area contributed by atoms with Crippen LogP contribution in [0.25, 0.3) is 0 Å². The number of hydrogen-bond donors (Lipinski definition) is 0. The molecule has 0 saturated heterocycles. The molecule has 0 aliphatic heterocycles. The zero-order valence-corrected chi connectivity index (χ0v) is 6.10. The largest absolute Gasteiger partial charge is 0.298 e. The van der Waals surface area contributed by atoms with Crippen molar-refractivity contribution in [2.75, 3.05) is 0 Å². The highest BCUT2D eigenvalue weighted by molar-refractivity contribution is 5.95. The highest BCUT2D eigenvalue weighted by atomic mass is 16.1. The van der Waals surface area contributed by atoms with Gasteiger partial charge in [0.1, 0.15) is 5.78 Å². The minimum absolute atomic E-state index is 0.0527. The maximum Gasteiger partial charge on any atom is 0.145 e. The molecule has 2 unspecified atom stereocenters. The summed E-state index contributed by atoms with van der Waals surface area (Å²) in [5, 5.41) is 0. The quantitative estimate of drug-likeness (QED) is 0.503. The standard InChI is InChI=1S/C9H12O/c1-2-9-5-3-4-7(6-9)8(9)10/h2,7H,1,3-6H2. The van der Waals surface area contributed by atoms with Crippen LogP contribution < -0.4 is 0 Å². The number of ketones is 1. The van der Waals surface area contributed by atoms with E-state index in [9.17, 15) is 4.79 Å². The van der Waals surface area contributed by atoms with Crippen molar-refractivity contribution in [3.63, 3.8) is 0 Å². The Balaban J connectivity index is 2.25. The highest BCUT2D eigenvalue weighted by Crippen LogP contribution is 2.53. The summed E-state index contributed by atoms with van der Waals surface area (Å²) in [6.45, 7) is 3.72. The van der Waals surface area contributed by atoms with E-state index in [0.29, 0.717) is 11.7 Å². The SMILES string of the molecule is C=CC12CCCC(C1)C2=O. The lowest BCUT2D eigenvalue weighted by Crippen LogP contribution is -2.50. The zero-order chi connectivity index (χ0) is 7.19. The van der Waals surface area contributed by atoms with Crippen molar-refractivity contribution in [2.45, 2.75) is 25.7 Å². The van der Waals surface area contributed by atoms with E-state index in [0.717, 1.165) is 19.3 Å². The number of carbonyl (C=O) groups is 1. The number of hydrogen-bond acceptors (Lipinski definition) is 1. The Morgan fingerprint density at radius 2 is 2.50 bits per heavy atom. The summed E-state index contributed by atoms with van der Waals surface area (Å²) in [5.41, 5.74) is -0.0527. The number of rotatable bonds is 1. The third kappa shape index (κ3) is 0.511. The van der Waals surface area contributed by atoms with E-state index in [-0.39, 0.29) is 5.41 Å². The van der Waals surface area contributed by atoms with Crippen molar-refractivity contribution in [1.29, 1.82) is 0 Å². The molecule has 3 aliphatic carbocycles. The van der Waals surface area contributed by atoms with Gasteiger partial charge in [0.2, 0.25) is 0 Å². The number of allylic oxidation sites excluding steroid dienone is 1. The van der Waals surface area contributed by atoms with Gasteiger partial charge >= 0.3 is 0 Å². The van der Waals surface area contributed by atoms with Gasteiger partial charge in [0, 0.05) is 11.3 Å². The molecule has 3 rings (SSSR count). The van der Waals surface area contributed by atoms with Gasteiger partial charge in [0.15, 0.2) is 0 Å². The Hall–Kier alpha value is -0.590. The van der Waals surface area contributed by atoms with Gasteiger partial charge in [0.05, 0.1) is 0 Å². The molecule has 0 heterocycles. The molecular formula is C9H12O. The van der Waals surface area contributed by atoms with E-state index < -0.39 is 0 Å². The van der Waals surface area contributed by atoms with E-state index >= 15 is 0 Å². The maximum atomic E-state index is 11.3. The number of Topliss-reactive ketones (excluding diaryl/α,β-unsaturated/α-hetero) is 1. The van der Waals surface area contributed by atoms with E-state index in [1.165, 1.54) is 6.42 Å². The van der Waals surface area contributed by atoms with E-state index in [1.807, 2.05) is 6.08 Å². The Labute approximate surface area is 61.1 Å². The molecule has 0 N–H and O–H groups in total. The molecule has 3 aliphatic rings. The fourth-order valence-corrected chi connectivity index (χ4v) is 2.32. The van der Waals surface area contributed by atoms with Crippen LogP contribution in [0.5, 0.6) is 0 Å². The van der Waals surface area contributed by atoms with Crippen molar-refractivity contribution in [3.05, 3.63) is 12.7 Å². The van der Waals surface area contributed by atoms with Crippen LogP contribution >= 0.6 is 0 Å². The van der Waals surface area contributed by atoms with Gasteiger partial charge in [-0.15, -0.1) is 6.58 Å². The van der Waals surface area contributed by atoms with E-state index in [4.69, 9.17) is 0 Å². The first-order valence-electron chi connectivity index (χ1n) is 3.96. The fraction of sp³-hybridized carbons (Fsp3) is 0.667. The first-order chi connectivity index (χ1) is 4.78. The topological polar surface area (TPSA) is 17.1 Å². The number of fused-ring (bicyclic) bond motifs is 2. The van der Waals surface area contributed by atoms with Crippen LogP contribution in [0.2, 0.25) is 0 Å². The minimum Gasteiger partial charge on any atom is -0.298 e. The predicted octanol–water partition coefficient (Wildman–Crippen LogP) is 1.93. The molecule has 10 heavy (non-hydrogen) atoms. The van der Waals surface area contributed by atoms with Crippen LogP contribution in [-0.2, 0) is 4.79 Å². The molecule has 0 radical (unpaired) electrons. The normalized spacial score (nSPS) is 44.4. The van der Waals surface area contributed by atoms with Gasteiger partial charge in [-0.25, -0.2) is 0 Å². The molecule has 3 saturated carbocycles. The van der Waals surface area contributed by atoms with Crippen LogP contribution in [0.4, 0.5) is 0 Å². The third-order valence-electron chi connectivity index (χ3n) is 3.04. The van der Waals surface area contributed by atoms with E-state index in [2.05, 4.69) is 6.58 Å². The average molecular weight is 136 g/mol. The number of carbonyl (C=O) groups excluding carboxylic acids is 1. The second kappa shape index (κ2) is 1.71. The average Bonchev–Trinajstić information content (AvgIpc) is 2.04. The Bertz CT molecular complexity index is 191. The van der Waals surface area contributed by atoms with Crippen LogP contribution in [-0.4, -0.2) is 5.78 Å². The Kier molecular flexibility index (Phi) is 1.05. The van der Waals surface area contributed by atoms with Crippen molar-refractivity contribution in [3.8, 4) is 0 Å². The molecule has 54 valence electrons. The highest BCUT2D eigenvalue weighted by Gasteiger charge is 2.53. The third-order valence-corrected chi connectivity index (χ3v) is 3.04. The zero-order valence-electron chi connectivity index (χ0n) is 6.10. The van der Waals surface area contributed by atoms with Gasteiger partial charge in [-0.2, -0.15) is 0 Å². The molecular weight excluding hydrogens is 124 g/mol. The molecule has 1 heteroatoms. The molecule has 0 aromatic rings. The smallest absolute Gasteiger partial charge is 0.145 e. The minimum atomic E-state index is -0.0527. The van der Waals surface area contributed by atoms with Crippen molar-refractivity contribution in [1.82, 2.24) is 0 Å².